The van der Waals surface area contributed by atoms with Crippen molar-refractivity contribution in [1.29, 1.82) is 0 Å². The van der Waals surface area contributed by atoms with Crippen molar-refractivity contribution >= 4 is 34.4 Å². The van der Waals surface area contributed by atoms with E-state index in [1.807, 2.05) is 44.7 Å². The van der Waals surface area contributed by atoms with E-state index < -0.39 is 0 Å². The summed E-state index contributed by atoms with van der Waals surface area (Å²) in [7, 11) is 0. The van der Waals surface area contributed by atoms with Crippen LogP contribution in [0.25, 0.3) is 11.0 Å². The van der Waals surface area contributed by atoms with Crippen molar-refractivity contribution in [2.75, 3.05) is 29.6 Å². The van der Waals surface area contributed by atoms with Crippen LogP contribution in [0.15, 0.2) is 33.5 Å². The number of ether oxygens (including phenoxy) is 1. The van der Waals surface area contributed by atoms with Gasteiger partial charge in [-0.15, -0.1) is 0 Å². The molecule has 0 spiro atoms. The van der Waals surface area contributed by atoms with Gasteiger partial charge in [-0.1, -0.05) is 25.5 Å². The summed E-state index contributed by atoms with van der Waals surface area (Å²) in [5.74, 6) is 1.81. The van der Waals surface area contributed by atoms with E-state index in [0.717, 1.165) is 47.5 Å². The topological polar surface area (TPSA) is 59.8 Å². The van der Waals surface area contributed by atoms with Gasteiger partial charge in [-0.25, -0.2) is 4.79 Å². The Labute approximate surface area is 177 Å². The van der Waals surface area contributed by atoms with E-state index >= 15 is 0 Å². The summed E-state index contributed by atoms with van der Waals surface area (Å²) >= 11 is 1.87. The van der Waals surface area contributed by atoms with Crippen molar-refractivity contribution in [3.8, 4) is 0 Å². The van der Waals surface area contributed by atoms with Crippen LogP contribution in [-0.2, 0) is 9.53 Å². The molecule has 0 aliphatic carbocycles. The molecule has 0 saturated carbocycles. The normalized spacial score (nSPS) is 11.4. The van der Waals surface area contributed by atoms with Gasteiger partial charge in [-0.3, -0.25) is 4.79 Å². The highest BCUT2D eigenvalue weighted by molar-refractivity contribution is 7.99. The summed E-state index contributed by atoms with van der Waals surface area (Å²) in [5.41, 5.74) is 2.41. The maximum Gasteiger partial charge on any atom is 0.338 e. The highest BCUT2D eigenvalue weighted by Gasteiger charge is 2.16. The van der Waals surface area contributed by atoms with Crippen LogP contribution in [-0.4, -0.2) is 36.7 Å². The number of carbonyl (C=O) groups excluding carboxylic acids is 1. The maximum atomic E-state index is 12.0. The number of carbonyl (C=O) groups is 1. The second-order valence-electron chi connectivity index (χ2n) is 7.88. The van der Waals surface area contributed by atoms with Gasteiger partial charge in [-0.05, 0) is 57.3 Å². The van der Waals surface area contributed by atoms with Gasteiger partial charge >= 0.3 is 11.6 Å². The van der Waals surface area contributed by atoms with Crippen LogP contribution >= 0.6 is 11.8 Å². The SMILES string of the molecule is Cc1ccc2oc(=O)cc(N(CCCSCCCOC(=O)C(C)C)C(C)C)c2c1. The highest BCUT2D eigenvalue weighted by atomic mass is 32.2. The lowest BCUT2D eigenvalue weighted by atomic mass is 10.1. The van der Waals surface area contributed by atoms with Crippen LogP contribution in [0.1, 0.15) is 46.1 Å². The van der Waals surface area contributed by atoms with Gasteiger partial charge in [-0.2, -0.15) is 11.8 Å². The Morgan fingerprint density at radius 2 is 1.86 bits per heavy atom. The molecular weight excluding hydrogens is 386 g/mol. The molecule has 2 rings (SSSR count). The standard InChI is InChI=1S/C23H33NO4S/c1-16(2)23(26)27-11-7-13-29-12-6-10-24(17(3)4)20-15-22(25)28-21-9-8-18(5)14-19(20)21/h8-9,14-17H,6-7,10-13H2,1-5H3. The van der Waals surface area contributed by atoms with Gasteiger partial charge in [0.15, 0.2) is 0 Å². The molecule has 0 radical (unpaired) electrons. The average Bonchev–Trinajstić information content (AvgIpc) is 2.66. The molecule has 1 aromatic heterocycles. The lowest BCUT2D eigenvalue weighted by molar-refractivity contribution is -0.147. The molecule has 0 fully saturated rings. The summed E-state index contributed by atoms with van der Waals surface area (Å²) in [6.07, 6.45) is 1.89. The molecule has 29 heavy (non-hydrogen) atoms. The number of anilines is 1. The first-order valence-electron chi connectivity index (χ1n) is 10.3. The van der Waals surface area contributed by atoms with Crippen LogP contribution < -0.4 is 10.5 Å². The third-order valence-electron chi connectivity index (χ3n) is 4.65. The Kier molecular flexibility index (Phi) is 9.08. The molecule has 0 bridgehead atoms. The summed E-state index contributed by atoms with van der Waals surface area (Å²) in [4.78, 5) is 25.8. The van der Waals surface area contributed by atoms with E-state index in [1.54, 1.807) is 6.07 Å². The van der Waals surface area contributed by atoms with E-state index in [0.29, 0.717) is 12.2 Å². The Hall–Kier alpha value is -1.95. The monoisotopic (exact) mass is 419 g/mol. The van der Waals surface area contributed by atoms with E-state index in [9.17, 15) is 9.59 Å². The van der Waals surface area contributed by atoms with E-state index in [4.69, 9.17) is 9.15 Å². The summed E-state index contributed by atoms with van der Waals surface area (Å²) in [6.45, 7) is 11.4. The van der Waals surface area contributed by atoms with Crippen LogP contribution in [0, 0.1) is 12.8 Å². The lowest BCUT2D eigenvalue weighted by Crippen LogP contribution is -2.32. The van der Waals surface area contributed by atoms with Gasteiger partial charge in [0.25, 0.3) is 0 Å². The minimum absolute atomic E-state index is 0.0649. The Morgan fingerprint density at radius 1 is 1.14 bits per heavy atom. The van der Waals surface area contributed by atoms with Crippen LogP contribution in [0.4, 0.5) is 5.69 Å². The van der Waals surface area contributed by atoms with Gasteiger partial charge in [0.2, 0.25) is 0 Å². The number of esters is 1. The number of thioether (sulfide) groups is 1. The first kappa shape index (κ1) is 23.3. The molecule has 5 nitrogen and oxygen atoms in total. The Bertz CT molecular complexity index is 860. The molecule has 1 aromatic carbocycles. The number of hydrogen-bond donors (Lipinski definition) is 0. The zero-order chi connectivity index (χ0) is 21.4. The average molecular weight is 420 g/mol. The molecule has 160 valence electrons. The first-order valence-corrected chi connectivity index (χ1v) is 11.5. The highest BCUT2D eigenvalue weighted by Crippen LogP contribution is 2.28. The molecule has 0 aliphatic heterocycles. The molecule has 1 heterocycles. The number of nitrogens with zero attached hydrogens (tertiary/aromatic N) is 1. The first-order chi connectivity index (χ1) is 13.8. The third-order valence-corrected chi connectivity index (χ3v) is 5.80. The molecule has 6 heteroatoms. The predicted molar refractivity (Wildman–Crippen MR) is 122 cm³/mol. The molecule has 0 atom stereocenters. The van der Waals surface area contributed by atoms with Crippen LogP contribution in [0.5, 0.6) is 0 Å². The van der Waals surface area contributed by atoms with Crippen molar-refractivity contribution in [2.24, 2.45) is 5.92 Å². The number of hydrogen-bond acceptors (Lipinski definition) is 6. The van der Waals surface area contributed by atoms with E-state index in [-0.39, 0.29) is 23.6 Å². The summed E-state index contributed by atoms with van der Waals surface area (Å²) < 4.78 is 10.6. The second-order valence-corrected chi connectivity index (χ2v) is 9.10. The zero-order valence-electron chi connectivity index (χ0n) is 18.2. The maximum absolute atomic E-state index is 12.0. The molecule has 2 aromatic rings. The second kappa shape index (κ2) is 11.3. The predicted octanol–water partition coefficient (Wildman–Crippen LogP) is 5.03. The fourth-order valence-corrected chi connectivity index (χ4v) is 3.95. The largest absolute Gasteiger partial charge is 0.465 e. The number of fused-ring (bicyclic) bond motifs is 1. The van der Waals surface area contributed by atoms with Crippen molar-refractivity contribution in [2.45, 2.75) is 53.5 Å². The quantitative estimate of drug-likeness (QED) is 0.289. The van der Waals surface area contributed by atoms with Crippen molar-refractivity contribution in [3.05, 3.63) is 40.2 Å². The van der Waals surface area contributed by atoms with E-state index in [2.05, 4.69) is 24.8 Å². The van der Waals surface area contributed by atoms with Gasteiger partial charge in [0, 0.05) is 24.0 Å². The van der Waals surface area contributed by atoms with Gasteiger partial charge in [0.05, 0.1) is 18.2 Å². The Morgan fingerprint density at radius 3 is 2.55 bits per heavy atom. The van der Waals surface area contributed by atoms with Crippen molar-refractivity contribution in [3.63, 3.8) is 0 Å². The smallest absolute Gasteiger partial charge is 0.338 e. The van der Waals surface area contributed by atoms with Crippen LogP contribution in [0.3, 0.4) is 0 Å². The lowest BCUT2D eigenvalue weighted by Gasteiger charge is -2.29. The van der Waals surface area contributed by atoms with Crippen molar-refractivity contribution in [1.82, 2.24) is 0 Å². The molecule has 0 unspecified atom stereocenters. The molecular formula is C23H33NO4S. The number of aryl methyl sites for hydroxylation is 1. The molecule has 0 amide bonds. The fourth-order valence-electron chi connectivity index (χ4n) is 3.09. The van der Waals surface area contributed by atoms with Gasteiger partial charge < -0.3 is 14.1 Å². The number of rotatable bonds is 11. The van der Waals surface area contributed by atoms with E-state index in [1.165, 1.54) is 0 Å². The Balaban J connectivity index is 1.89. The minimum atomic E-state index is -0.313. The van der Waals surface area contributed by atoms with Crippen LogP contribution in [0.2, 0.25) is 0 Å². The molecule has 0 aliphatic rings. The van der Waals surface area contributed by atoms with Crippen molar-refractivity contribution < 1.29 is 13.9 Å². The molecule has 0 saturated heterocycles. The minimum Gasteiger partial charge on any atom is -0.465 e. The zero-order valence-corrected chi connectivity index (χ0v) is 19.0. The third kappa shape index (κ3) is 7.11. The van der Waals surface area contributed by atoms with Gasteiger partial charge in [0.1, 0.15) is 5.58 Å². The number of benzene rings is 1. The summed E-state index contributed by atoms with van der Waals surface area (Å²) in [6, 6.07) is 7.80. The molecule has 0 N–H and O–H groups in total. The fraction of sp³-hybridized carbons (Fsp3) is 0.565. The summed E-state index contributed by atoms with van der Waals surface area (Å²) in [5, 5.41) is 0.984.